The van der Waals surface area contributed by atoms with Gasteiger partial charge in [-0.2, -0.15) is 0 Å². The number of nitrogens with one attached hydrogen (secondary N) is 1. The third-order valence-electron chi connectivity index (χ3n) is 5.72. The topological polar surface area (TPSA) is 97.2 Å². The van der Waals surface area contributed by atoms with Crippen molar-refractivity contribution in [1.29, 1.82) is 0 Å². The zero-order chi connectivity index (χ0) is 22.6. The van der Waals surface area contributed by atoms with Gasteiger partial charge in [0.1, 0.15) is 0 Å². The number of aromatic nitrogens is 3. The third-order valence-corrected chi connectivity index (χ3v) is 7.88. The van der Waals surface area contributed by atoms with Gasteiger partial charge in [0.2, 0.25) is 15.9 Å². The van der Waals surface area contributed by atoms with Gasteiger partial charge in [-0.3, -0.25) is 9.10 Å². The quantitative estimate of drug-likeness (QED) is 0.602. The number of rotatable bonds is 8. The standard InChI is InChI=1S/C21H31N5O3S2/c1-15-9-11-17(12-10-15)26(31(4,28)29)13-19-23-24-21(25(19)3)30-14-20(27)22-18-8-6-5-7-16(18)2/h9-12,16,18H,5-8,13-14H2,1-4H3,(H,22,27)/t16-,18+/m0/s1. The Bertz CT molecular complexity index is 1000. The van der Waals surface area contributed by atoms with E-state index in [0.29, 0.717) is 22.6 Å². The maximum Gasteiger partial charge on any atom is 0.232 e. The summed E-state index contributed by atoms with van der Waals surface area (Å²) in [5.41, 5.74) is 1.63. The van der Waals surface area contributed by atoms with Gasteiger partial charge in [-0.15, -0.1) is 10.2 Å². The number of hydrogen-bond acceptors (Lipinski definition) is 6. The first kappa shape index (κ1) is 23.6. The van der Waals surface area contributed by atoms with E-state index in [2.05, 4.69) is 22.4 Å². The minimum absolute atomic E-state index is 0.00859. The summed E-state index contributed by atoms with van der Waals surface area (Å²) in [6, 6.07) is 7.54. The molecule has 1 amide bonds. The van der Waals surface area contributed by atoms with Crippen molar-refractivity contribution in [3.05, 3.63) is 35.7 Å². The summed E-state index contributed by atoms with van der Waals surface area (Å²) in [5, 5.41) is 12.1. The summed E-state index contributed by atoms with van der Waals surface area (Å²) in [6.45, 7) is 4.21. The van der Waals surface area contributed by atoms with E-state index in [1.54, 1.807) is 23.7 Å². The van der Waals surface area contributed by atoms with Crippen LogP contribution in [0, 0.1) is 12.8 Å². The second-order valence-corrected chi connectivity index (χ2v) is 11.1. The lowest BCUT2D eigenvalue weighted by Gasteiger charge is -2.29. The molecule has 31 heavy (non-hydrogen) atoms. The lowest BCUT2D eigenvalue weighted by molar-refractivity contribution is -0.119. The zero-order valence-electron chi connectivity index (χ0n) is 18.5. The van der Waals surface area contributed by atoms with Crippen molar-refractivity contribution in [2.75, 3.05) is 16.3 Å². The highest BCUT2D eigenvalue weighted by Gasteiger charge is 2.24. The van der Waals surface area contributed by atoms with Crippen molar-refractivity contribution in [3.63, 3.8) is 0 Å². The van der Waals surface area contributed by atoms with Crippen LogP contribution in [-0.4, -0.2) is 47.1 Å². The number of amides is 1. The summed E-state index contributed by atoms with van der Waals surface area (Å²) >= 11 is 1.31. The van der Waals surface area contributed by atoms with Gasteiger partial charge in [-0.05, 0) is 37.8 Å². The predicted octanol–water partition coefficient (Wildman–Crippen LogP) is 2.88. The monoisotopic (exact) mass is 465 g/mol. The van der Waals surface area contributed by atoms with Crippen LogP contribution < -0.4 is 9.62 Å². The molecule has 2 atom stereocenters. The van der Waals surface area contributed by atoms with Crippen LogP contribution in [0.3, 0.4) is 0 Å². The van der Waals surface area contributed by atoms with Crippen LogP contribution in [0.5, 0.6) is 0 Å². The van der Waals surface area contributed by atoms with Crippen molar-refractivity contribution in [2.24, 2.45) is 13.0 Å². The number of thioether (sulfide) groups is 1. The van der Waals surface area contributed by atoms with Crippen LogP contribution in [0.1, 0.15) is 44.0 Å². The lowest BCUT2D eigenvalue weighted by atomic mass is 9.86. The van der Waals surface area contributed by atoms with Crippen molar-refractivity contribution in [2.45, 2.75) is 57.3 Å². The average molecular weight is 466 g/mol. The average Bonchev–Trinajstić information content (AvgIpc) is 3.06. The molecule has 0 aliphatic heterocycles. The molecule has 0 unspecified atom stereocenters. The van der Waals surface area contributed by atoms with E-state index >= 15 is 0 Å². The summed E-state index contributed by atoms with van der Waals surface area (Å²) < 4.78 is 27.8. The van der Waals surface area contributed by atoms with Crippen molar-refractivity contribution >= 4 is 33.4 Å². The normalized spacial score (nSPS) is 19.2. The molecule has 1 aliphatic carbocycles. The van der Waals surface area contributed by atoms with Crippen molar-refractivity contribution in [1.82, 2.24) is 20.1 Å². The molecular weight excluding hydrogens is 434 g/mol. The van der Waals surface area contributed by atoms with Gasteiger partial charge in [0.05, 0.1) is 24.2 Å². The van der Waals surface area contributed by atoms with E-state index in [4.69, 9.17) is 0 Å². The summed E-state index contributed by atoms with van der Waals surface area (Å²) in [7, 11) is -1.72. The fraction of sp³-hybridized carbons (Fsp3) is 0.571. The van der Waals surface area contributed by atoms with E-state index < -0.39 is 10.0 Å². The fourth-order valence-electron chi connectivity index (χ4n) is 3.76. The molecule has 0 radical (unpaired) electrons. The van der Waals surface area contributed by atoms with Crippen LogP contribution in [0.15, 0.2) is 29.4 Å². The van der Waals surface area contributed by atoms with Gasteiger partial charge >= 0.3 is 0 Å². The number of anilines is 1. The molecule has 1 aromatic heterocycles. The van der Waals surface area contributed by atoms with E-state index in [1.165, 1.54) is 28.7 Å². The van der Waals surface area contributed by atoms with Gasteiger partial charge in [-0.1, -0.05) is 49.2 Å². The van der Waals surface area contributed by atoms with E-state index in [0.717, 1.165) is 24.8 Å². The molecule has 1 aromatic carbocycles. The predicted molar refractivity (Wildman–Crippen MR) is 123 cm³/mol. The van der Waals surface area contributed by atoms with Gasteiger partial charge in [0.25, 0.3) is 0 Å². The Kier molecular flexibility index (Phi) is 7.64. The number of benzene rings is 1. The summed E-state index contributed by atoms with van der Waals surface area (Å²) in [4.78, 5) is 12.4. The van der Waals surface area contributed by atoms with Gasteiger partial charge in [0.15, 0.2) is 11.0 Å². The molecule has 1 aliphatic rings. The fourth-order valence-corrected chi connectivity index (χ4v) is 5.35. The van der Waals surface area contributed by atoms with Gasteiger partial charge < -0.3 is 9.88 Å². The molecule has 0 bridgehead atoms. The van der Waals surface area contributed by atoms with Crippen molar-refractivity contribution in [3.8, 4) is 0 Å². The Morgan fingerprint density at radius 2 is 1.90 bits per heavy atom. The van der Waals surface area contributed by atoms with E-state index in [-0.39, 0.29) is 24.2 Å². The summed E-state index contributed by atoms with van der Waals surface area (Å²) in [5.74, 6) is 1.26. The van der Waals surface area contributed by atoms with Crippen LogP contribution >= 0.6 is 11.8 Å². The first-order valence-corrected chi connectivity index (χ1v) is 13.3. The first-order chi connectivity index (χ1) is 14.6. The number of aryl methyl sites for hydroxylation is 1. The number of carbonyl (C=O) groups excluding carboxylic acids is 1. The molecule has 1 saturated carbocycles. The highest BCUT2D eigenvalue weighted by molar-refractivity contribution is 7.99. The third kappa shape index (κ3) is 6.22. The number of sulfonamides is 1. The molecule has 3 rings (SSSR count). The van der Waals surface area contributed by atoms with E-state index in [9.17, 15) is 13.2 Å². The number of nitrogens with zero attached hydrogens (tertiary/aromatic N) is 4. The van der Waals surface area contributed by atoms with E-state index in [1.807, 2.05) is 19.1 Å². The molecule has 1 heterocycles. The summed E-state index contributed by atoms with van der Waals surface area (Å²) in [6.07, 6.45) is 5.76. The largest absolute Gasteiger partial charge is 0.352 e. The Morgan fingerprint density at radius 1 is 1.23 bits per heavy atom. The minimum Gasteiger partial charge on any atom is -0.352 e. The van der Waals surface area contributed by atoms with Crippen LogP contribution in [0.25, 0.3) is 0 Å². The highest BCUT2D eigenvalue weighted by Crippen LogP contribution is 2.25. The molecule has 0 saturated heterocycles. The van der Waals surface area contributed by atoms with Gasteiger partial charge in [-0.25, -0.2) is 8.42 Å². The molecular formula is C21H31N5O3S2. The minimum atomic E-state index is -3.50. The van der Waals surface area contributed by atoms with Gasteiger partial charge in [0, 0.05) is 13.1 Å². The molecule has 1 fully saturated rings. The number of hydrogen-bond donors (Lipinski definition) is 1. The number of carbonyl (C=O) groups is 1. The maximum atomic E-state index is 12.4. The lowest BCUT2D eigenvalue weighted by Crippen LogP contribution is -2.41. The molecule has 10 heteroatoms. The molecule has 0 spiro atoms. The Balaban J connectivity index is 1.64. The SMILES string of the molecule is Cc1ccc(N(Cc2nnc(SCC(=O)N[C@@H]3CCCC[C@@H]3C)n2C)S(C)(=O)=O)cc1. The van der Waals surface area contributed by atoms with Crippen LogP contribution in [-0.2, 0) is 28.4 Å². The molecule has 1 N–H and O–H groups in total. The zero-order valence-corrected chi connectivity index (χ0v) is 20.2. The maximum absolute atomic E-state index is 12.4. The Hall–Kier alpha value is -2.07. The molecule has 2 aromatic rings. The van der Waals surface area contributed by atoms with Crippen LogP contribution in [0.2, 0.25) is 0 Å². The van der Waals surface area contributed by atoms with Crippen LogP contribution in [0.4, 0.5) is 5.69 Å². The Labute approximate surface area is 188 Å². The Morgan fingerprint density at radius 3 is 2.55 bits per heavy atom. The van der Waals surface area contributed by atoms with Crippen molar-refractivity contribution < 1.29 is 13.2 Å². The smallest absolute Gasteiger partial charge is 0.232 e. The first-order valence-electron chi connectivity index (χ1n) is 10.5. The highest BCUT2D eigenvalue weighted by atomic mass is 32.2. The molecule has 8 nitrogen and oxygen atoms in total. The second-order valence-electron chi connectivity index (χ2n) is 8.29. The second kappa shape index (κ2) is 10.0. The molecule has 170 valence electrons.